The third-order valence-electron chi connectivity index (χ3n) is 5.07. The fourth-order valence-electron chi connectivity index (χ4n) is 3.37. The molecule has 11 heteroatoms. The molecule has 1 aromatic rings. The molecule has 170 valence electrons. The Bertz CT molecular complexity index is 789. The largest absolute Gasteiger partial charge is 0.480 e. The number of amides is 3. The standard InChI is InChI=1S/C20H28N4O7/c21-13(10-25)17(27)23-15(11-26)19(29)24-8-4-7-16(24)18(28)22-14(20(30)31)9-12-5-2-1-3-6-12/h1-3,5-6,13-16,25-26H,4,7-11,21H2,(H,22,28)(H,23,27)(H,30,31). The van der Waals surface area contributed by atoms with E-state index in [4.69, 9.17) is 10.8 Å². The minimum atomic E-state index is -1.34. The van der Waals surface area contributed by atoms with Crippen molar-refractivity contribution < 1.29 is 34.5 Å². The molecule has 1 saturated heterocycles. The van der Waals surface area contributed by atoms with Crippen molar-refractivity contribution in [2.45, 2.75) is 43.4 Å². The second kappa shape index (κ2) is 11.4. The average molecular weight is 436 g/mol. The number of nitrogens with one attached hydrogen (secondary N) is 2. The van der Waals surface area contributed by atoms with Gasteiger partial charge in [0.25, 0.3) is 0 Å². The first-order valence-corrected chi connectivity index (χ1v) is 9.93. The molecule has 1 aliphatic heterocycles. The molecule has 4 atom stereocenters. The van der Waals surface area contributed by atoms with E-state index in [1.807, 2.05) is 0 Å². The van der Waals surface area contributed by atoms with E-state index in [1.165, 1.54) is 4.90 Å². The van der Waals surface area contributed by atoms with Gasteiger partial charge in [-0.1, -0.05) is 30.3 Å². The SMILES string of the molecule is NC(CO)C(=O)NC(CO)C(=O)N1CCCC1C(=O)NC(Cc1ccccc1)C(=O)O. The van der Waals surface area contributed by atoms with E-state index in [0.29, 0.717) is 12.8 Å². The molecule has 31 heavy (non-hydrogen) atoms. The number of carbonyl (C=O) groups is 4. The molecule has 0 spiro atoms. The number of carboxylic acid groups (broad SMARTS) is 1. The first-order valence-electron chi connectivity index (χ1n) is 9.93. The molecule has 1 aliphatic rings. The zero-order valence-corrected chi connectivity index (χ0v) is 16.9. The number of carbonyl (C=O) groups excluding carboxylic acids is 3. The van der Waals surface area contributed by atoms with Gasteiger partial charge in [-0.15, -0.1) is 0 Å². The van der Waals surface area contributed by atoms with Gasteiger partial charge >= 0.3 is 5.97 Å². The van der Waals surface area contributed by atoms with Crippen molar-refractivity contribution in [3.05, 3.63) is 35.9 Å². The van der Waals surface area contributed by atoms with Crippen LogP contribution in [-0.4, -0.2) is 87.8 Å². The highest BCUT2D eigenvalue weighted by atomic mass is 16.4. The van der Waals surface area contributed by atoms with Crippen LogP contribution in [0.15, 0.2) is 30.3 Å². The lowest BCUT2D eigenvalue weighted by molar-refractivity contribution is -0.145. The Morgan fingerprint density at radius 2 is 1.74 bits per heavy atom. The number of aliphatic hydroxyl groups excluding tert-OH is 2. The monoisotopic (exact) mass is 436 g/mol. The van der Waals surface area contributed by atoms with Gasteiger partial charge in [0.2, 0.25) is 17.7 Å². The molecule has 1 fully saturated rings. The molecule has 0 aliphatic carbocycles. The molecule has 1 aromatic carbocycles. The number of benzene rings is 1. The van der Waals surface area contributed by atoms with Crippen molar-refractivity contribution in [1.82, 2.24) is 15.5 Å². The van der Waals surface area contributed by atoms with Crippen LogP contribution in [0.1, 0.15) is 18.4 Å². The Balaban J connectivity index is 2.06. The number of aliphatic hydroxyl groups is 2. The summed E-state index contributed by atoms with van der Waals surface area (Å²) in [5.74, 6) is -3.33. The van der Waals surface area contributed by atoms with Gasteiger partial charge in [-0.2, -0.15) is 0 Å². The van der Waals surface area contributed by atoms with E-state index in [9.17, 15) is 29.4 Å². The van der Waals surface area contributed by atoms with Crippen molar-refractivity contribution in [3.63, 3.8) is 0 Å². The van der Waals surface area contributed by atoms with Gasteiger partial charge in [0, 0.05) is 13.0 Å². The van der Waals surface area contributed by atoms with Gasteiger partial charge in [0.05, 0.1) is 13.2 Å². The van der Waals surface area contributed by atoms with Gasteiger partial charge in [-0.25, -0.2) is 4.79 Å². The molecule has 0 saturated carbocycles. The van der Waals surface area contributed by atoms with Crippen LogP contribution >= 0.6 is 0 Å². The van der Waals surface area contributed by atoms with Crippen molar-refractivity contribution in [3.8, 4) is 0 Å². The lowest BCUT2D eigenvalue weighted by Gasteiger charge is -2.29. The Hall–Kier alpha value is -3.02. The maximum Gasteiger partial charge on any atom is 0.326 e. The quantitative estimate of drug-likeness (QED) is 0.234. The normalized spacial score (nSPS) is 18.7. The maximum absolute atomic E-state index is 12.8. The molecule has 4 unspecified atom stereocenters. The van der Waals surface area contributed by atoms with E-state index < -0.39 is 61.1 Å². The van der Waals surface area contributed by atoms with Crippen LogP contribution in [0, 0.1) is 0 Å². The second-order valence-corrected chi connectivity index (χ2v) is 7.31. The van der Waals surface area contributed by atoms with Crippen LogP contribution < -0.4 is 16.4 Å². The van der Waals surface area contributed by atoms with E-state index in [0.717, 1.165) is 5.56 Å². The molecule has 3 amide bonds. The summed E-state index contributed by atoms with van der Waals surface area (Å²) in [5.41, 5.74) is 6.14. The highest BCUT2D eigenvalue weighted by Gasteiger charge is 2.39. The molecule has 0 radical (unpaired) electrons. The maximum atomic E-state index is 12.8. The topological polar surface area (TPSA) is 182 Å². The number of carboxylic acids is 1. The van der Waals surface area contributed by atoms with Crippen LogP contribution in [-0.2, 0) is 25.6 Å². The molecule has 11 nitrogen and oxygen atoms in total. The molecule has 0 aromatic heterocycles. The summed E-state index contributed by atoms with van der Waals surface area (Å²) >= 11 is 0. The van der Waals surface area contributed by atoms with Crippen molar-refractivity contribution in [2.75, 3.05) is 19.8 Å². The summed E-state index contributed by atoms with van der Waals surface area (Å²) in [5, 5.41) is 32.7. The van der Waals surface area contributed by atoms with Gasteiger partial charge in [0.1, 0.15) is 24.2 Å². The summed E-state index contributed by atoms with van der Waals surface area (Å²) < 4.78 is 0. The Kier molecular flexibility index (Phi) is 8.91. The number of aliphatic carboxylic acids is 1. The zero-order valence-electron chi connectivity index (χ0n) is 16.9. The lowest BCUT2D eigenvalue weighted by Crippen LogP contribution is -2.58. The van der Waals surface area contributed by atoms with Gasteiger partial charge in [0.15, 0.2) is 0 Å². The minimum Gasteiger partial charge on any atom is -0.480 e. The Labute approximate surface area is 179 Å². The van der Waals surface area contributed by atoms with Crippen molar-refractivity contribution >= 4 is 23.7 Å². The number of rotatable bonds is 10. The van der Waals surface area contributed by atoms with Crippen LogP contribution in [0.5, 0.6) is 0 Å². The summed E-state index contributed by atoms with van der Waals surface area (Å²) in [6.45, 7) is -1.14. The van der Waals surface area contributed by atoms with Gasteiger partial charge in [-0.05, 0) is 18.4 Å². The number of hydrogen-bond acceptors (Lipinski definition) is 7. The molecular formula is C20H28N4O7. The van der Waals surface area contributed by atoms with Crippen molar-refractivity contribution in [1.29, 1.82) is 0 Å². The number of hydrogen-bond donors (Lipinski definition) is 6. The Morgan fingerprint density at radius 1 is 1.06 bits per heavy atom. The second-order valence-electron chi connectivity index (χ2n) is 7.31. The summed E-state index contributed by atoms with van der Waals surface area (Å²) in [6, 6.07) is 4.12. The highest BCUT2D eigenvalue weighted by Crippen LogP contribution is 2.19. The highest BCUT2D eigenvalue weighted by molar-refractivity contribution is 5.94. The van der Waals surface area contributed by atoms with Crippen LogP contribution in [0.4, 0.5) is 0 Å². The fourth-order valence-corrected chi connectivity index (χ4v) is 3.37. The predicted molar refractivity (Wildman–Crippen MR) is 109 cm³/mol. The first kappa shape index (κ1) is 24.3. The summed E-state index contributed by atoms with van der Waals surface area (Å²) in [6.07, 6.45) is 0.900. The smallest absolute Gasteiger partial charge is 0.326 e. The molecule has 7 N–H and O–H groups in total. The van der Waals surface area contributed by atoms with Crippen LogP contribution in [0.25, 0.3) is 0 Å². The van der Waals surface area contributed by atoms with Crippen LogP contribution in [0.2, 0.25) is 0 Å². The fraction of sp³-hybridized carbons (Fsp3) is 0.500. The number of nitrogens with zero attached hydrogens (tertiary/aromatic N) is 1. The Morgan fingerprint density at radius 3 is 2.32 bits per heavy atom. The third-order valence-corrected chi connectivity index (χ3v) is 5.07. The summed E-state index contributed by atoms with van der Waals surface area (Å²) in [4.78, 5) is 50.3. The number of likely N-dealkylation sites (tertiary alicyclic amines) is 1. The van der Waals surface area contributed by atoms with E-state index >= 15 is 0 Å². The van der Waals surface area contributed by atoms with Crippen molar-refractivity contribution in [2.24, 2.45) is 5.73 Å². The molecule has 0 bridgehead atoms. The van der Waals surface area contributed by atoms with E-state index in [2.05, 4.69) is 10.6 Å². The van der Waals surface area contributed by atoms with Gasteiger partial charge < -0.3 is 36.6 Å². The molecule has 2 rings (SSSR count). The predicted octanol–water partition coefficient (Wildman–Crippen LogP) is -2.41. The van der Waals surface area contributed by atoms with E-state index in [-0.39, 0.29) is 13.0 Å². The lowest BCUT2D eigenvalue weighted by atomic mass is 10.1. The first-order chi connectivity index (χ1) is 14.8. The molecular weight excluding hydrogens is 408 g/mol. The minimum absolute atomic E-state index is 0.0803. The summed E-state index contributed by atoms with van der Waals surface area (Å²) in [7, 11) is 0. The van der Waals surface area contributed by atoms with Gasteiger partial charge in [-0.3, -0.25) is 14.4 Å². The third kappa shape index (κ3) is 6.48. The molecule has 1 heterocycles. The van der Waals surface area contributed by atoms with Crippen LogP contribution in [0.3, 0.4) is 0 Å². The average Bonchev–Trinajstić information content (AvgIpc) is 3.26. The van der Waals surface area contributed by atoms with E-state index in [1.54, 1.807) is 30.3 Å². The number of nitrogens with two attached hydrogens (primary N) is 1. The zero-order chi connectivity index (χ0) is 23.0.